The zero-order valence-electron chi connectivity index (χ0n) is 30.9. The summed E-state index contributed by atoms with van der Waals surface area (Å²) in [4.78, 5) is 53.7. The predicted molar refractivity (Wildman–Crippen MR) is 214 cm³/mol. The number of carbonyl (C=O) groups excluding carboxylic acids is 5. The number of fused-ring (bicyclic) bond motifs is 2. The molecule has 6 aromatic rings. The number of cyclic esters (lactones) is 4. The minimum atomic E-state index is -0.721. The van der Waals surface area contributed by atoms with Crippen molar-refractivity contribution in [1.29, 1.82) is 0 Å². The summed E-state index contributed by atoms with van der Waals surface area (Å²) in [6.45, 7) is 2.08. The van der Waals surface area contributed by atoms with Gasteiger partial charge in [-0.25, -0.2) is 14.4 Å². The van der Waals surface area contributed by atoms with Crippen molar-refractivity contribution in [3.8, 4) is 29.1 Å². The van der Waals surface area contributed by atoms with Crippen LogP contribution in [0.5, 0.6) is 17.2 Å². The van der Waals surface area contributed by atoms with Gasteiger partial charge in [-0.15, -0.1) is 5.92 Å². The second kappa shape index (κ2) is 23.0. The van der Waals surface area contributed by atoms with Gasteiger partial charge in [-0.1, -0.05) is 30.2 Å². The number of nitrogens with two attached hydrogens (primary N) is 4. The van der Waals surface area contributed by atoms with E-state index in [1.165, 1.54) is 30.3 Å². The van der Waals surface area contributed by atoms with Crippen molar-refractivity contribution in [2.45, 2.75) is 6.92 Å². The second-order valence-corrected chi connectivity index (χ2v) is 11.4. The Morgan fingerprint density at radius 2 is 1.05 bits per heavy atom. The molecule has 0 fully saturated rings. The van der Waals surface area contributed by atoms with Crippen LogP contribution in [-0.4, -0.2) is 30.3 Å². The molecule has 58 heavy (non-hydrogen) atoms. The molecule has 8 N–H and O–H groups in total. The number of benzene rings is 6. The Kier molecular flexibility index (Phi) is 17.9. The Labute approximate surface area is 359 Å². The number of hydrogen-bond acceptors (Lipinski definition) is 13. The smallest absolute Gasteiger partial charge is 0.347 e. The van der Waals surface area contributed by atoms with E-state index < -0.39 is 23.9 Å². The maximum absolute atomic E-state index is 11.0. The van der Waals surface area contributed by atoms with E-state index in [9.17, 15) is 24.0 Å². The van der Waals surface area contributed by atoms with Gasteiger partial charge in [0.05, 0.1) is 11.1 Å². The molecule has 0 atom stereocenters. The normalized spacial score (nSPS) is 11.0. The SMILES string of the molecule is CC#Cc1ccccc1.Nc1ccc(Oc2ccc(N)cc2)cc1.Nc1cccc(N)c1.O=C1OC(=O)c2cc[c-]cc21.O=COc1ccc2c(c1)C(=O)OC2=O.[Y]. The van der Waals surface area contributed by atoms with Crippen molar-refractivity contribution >= 4 is 53.1 Å². The number of carbonyl (C=O) groups is 5. The molecule has 0 amide bonds. The number of esters is 4. The second-order valence-electron chi connectivity index (χ2n) is 11.4. The molecule has 13 nitrogen and oxygen atoms in total. The third kappa shape index (κ3) is 14.1. The number of nitrogen functional groups attached to an aromatic ring is 4. The van der Waals surface area contributed by atoms with E-state index in [0.29, 0.717) is 22.5 Å². The summed E-state index contributed by atoms with van der Waals surface area (Å²) < 4.78 is 18.8. The first-order chi connectivity index (χ1) is 27.5. The molecular weight excluding hydrogens is 817 g/mol. The third-order valence-corrected chi connectivity index (χ3v) is 7.24. The van der Waals surface area contributed by atoms with Gasteiger partial charge in [0.15, 0.2) is 0 Å². The third-order valence-electron chi connectivity index (χ3n) is 7.24. The zero-order valence-corrected chi connectivity index (χ0v) is 33.8. The molecule has 0 unspecified atom stereocenters. The quantitative estimate of drug-likeness (QED) is 0.0355. The van der Waals surface area contributed by atoms with E-state index in [2.05, 4.69) is 32.1 Å². The van der Waals surface area contributed by atoms with Crippen molar-refractivity contribution in [3.05, 3.63) is 173 Å². The maximum atomic E-state index is 11.0. The van der Waals surface area contributed by atoms with Crippen LogP contribution in [-0.2, 0) is 47.0 Å². The summed E-state index contributed by atoms with van der Waals surface area (Å²) in [5, 5.41) is 0. The van der Waals surface area contributed by atoms with Crippen molar-refractivity contribution < 1.29 is 75.6 Å². The Hall–Kier alpha value is -7.27. The van der Waals surface area contributed by atoms with Crippen LogP contribution < -0.4 is 32.4 Å². The fourth-order valence-corrected chi connectivity index (χ4v) is 4.60. The van der Waals surface area contributed by atoms with Crippen LogP contribution in [0.2, 0.25) is 0 Å². The van der Waals surface area contributed by atoms with Gasteiger partial charge in [-0.05, 0) is 115 Å². The fourth-order valence-electron chi connectivity index (χ4n) is 4.60. The van der Waals surface area contributed by atoms with Crippen molar-refractivity contribution in [3.63, 3.8) is 0 Å². The van der Waals surface area contributed by atoms with E-state index in [0.717, 1.165) is 28.4 Å². The van der Waals surface area contributed by atoms with Gasteiger partial charge in [0, 0.05) is 61.0 Å². The fraction of sp³-hybridized carbons (Fsp3) is 0.0227. The molecule has 8 rings (SSSR count). The maximum Gasteiger partial charge on any atom is 0.347 e. The molecule has 0 bridgehead atoms. The minimum Gasteiger partial charge on any atom is -0.457 e. The van der Waals surface area contributed by atoms with E-state index in [1.54, 1.807) is 48.5 Å². The first kappa shape index (κ1) is 45.1. The van der Waals surface area contributed by atoms with Crippen LogP contribution in [0.1, 0.15) is 53.9 Å². The molecule has 2 aliphatic rings. The van der Waals surface area contributed by atoms with E-state index in [4.69, 9.17) is 27.7 Å². The first-order valence-electron chi connectivity index (χ1n) is 16.7. The summed E-state index contributed by atoms with van der Waals surface area (Å²) in [7, 11) is 0. The molecule has 289 valence electrons. The first-order valence-corrected chi connectivity index (χ1v) is 16.7. The summed E-state index contributed by atoms with van der Waals surface area (Å²) in [5.41, 5.74) is 26.8. The number of hydrogen-bond donors (Lipinski definition) is 4. The van der Waals surface area contributed by atoms with Crippen LogP contribution in [0, 0.1) is 17.9 Å². The molecule has 0 spiro atoms. The van der Waals surface area contributed by atoms with Gasteiger partial charge in [0.1, 0.15) is 17.2 Å². The van der Waals surface area contributed by atoms with Crippen LogP contribution in [0.4, 0.5) is 22.7 Å². The number of anilines is 4. The molecule has 2 aliphatic heterocycles. The van der Waals surface area contributed by atoms with Gasteiger partial charge in [0.2, 0.25) is 0 Å². The Morgan fingerprint density at radius 1 is 0.552 bits per heavy atom. The van der Waals surface area contributed by atoms with E-state index in [-0.39, 0.29) is 56.1 Å². The van der Waals surface area contributed by atoms with Crippen molar-refractivity contribution in [2.75, 3.05) is 22.9 Å². The van der Waals surface area contributed by atoms with Gasteiger partial charge < -0.3 is 41.9 Å². The summed E-state index contributed by atoms with van der Waals surface area (Å²) in [5.74, 6) is 4.96. The van der Waals surface area contributed by atoms with Crippen LogP contribution >= 0.6 is 0 Å². The predicted octanol–water partition coefficient (Wildman–Crippen LogP) is 6.88. The molecule has 14 heteroatoms. The van der Waals surface area contributed by atoms with Gasteiger partial charge in [-0.3, -0.25) is 9.59 Å². The van der Waals surface area contributed by atoms with Crippen molar-refractivity contribution in [2.24, 2.45) is 0 Å². The molecule has 1 radical (unpaired) electrons. The molecule has 2 heterocycles. The number of rotatable bonds is 4. The Morgan fingerprint density at radius 3 is 1.53 bits per heavy atom. The number of ether oxygens (including phenoxy) is 4. The topological polar surface area (TPSA) is 226 Å². The van der Waals surface area contributed by atoms with E-state index >= 15 is 0 Å². The molecule has 0 saturated heterocycles. The Balaban J connectivity index is 0.000000197. The largest absolute Gasteiger partial charge is 0.457 e. The molecule has 0 aliphatic carbocycles. The monoisotopic (exact) mass is 852 g/mol. The summed E-state index contributed by atoms with van der Waals surface area (Å²) >= 11 is 0. The Bertz CT molecular complexity index is 2320. The van der Waals surface area contributed by atoms with Gasteiger partial charge in [0.25, 0.3) is 12.4 Å². The van der Waals surface area contributed by atoms with Crippen LogP contribution in [0.15, 0.2) is 140 Å². The van der Waals surface area contributed by atoms with Gasteiger partial charge >= 0.3 is 17.9 Å². The van der Waals surface area contributed by atoms with Gasteiger partial charge in [-0.2, -0.15) is 24.3 Å². The molecule has 0 aromatic heterocycles. The van der Waals surface area contributed by atoms with Crippen LogP contribution in [0.25, 0.3) is 0 Å². The van der Waals surface area contributed by atoms with Crippen molar-refractivity contribution in [1.82, 2.24) is 0 Å². The molecular formula is C44H35N4O9Y-. The van der Waals surface area contributed by atoms with Crippen LogP contribution in [0.3, 0.4) is 0 Å². The minimum absolute atomic E-state index is 0. The summed E-state index contributed by atoms with van der Waals surface area (Å²) in [6.07, 6.45) is 0. The van der Waals surface area contributed by atoms with E-state index in [1.807, 2.05) is 67.6 Å². The standard InChI is InChI=1S/C12H12N2O.C9H4O5.C9H8.C8H3O3.C6H8N2.Y/c13-9-1-5-11(6-2-9)15-12-7-3-10(14)4-8-12;10-4-13-5-1-2-6-7(3-5)9(12)14-8(6)11;1-2-6-9-7-4-3-5-8-9;9-7-5-3-1-2-4-6(5)8(10)11-7;7-5-2-1-3-6(8)4-5;/h1-8H,13-14H2;1-4H;3-5,7-8H,1H3;1,3-4H;1-4H,7-8H2;/q;;;-1;;. The zero-order chi connectivity index (χ0) is 41.2. The summed E-state index contributed by atoms with van der Waals surface area (Å²) in [6, 6.07) is 42.9. The average Bonchev–Trinajstić information content (AvgIpc) is 3.66. The average molecular weight is 853 g/mol. The molecule has 0 saturated carbocycles. The molecule has 6 aromatic carbocycles.